The van der Waals surface area contributed by atoms with E-state index in [2.05, 4.69) is 0 Å². The van der Waals surface area contributed by atoms with Crippen molar-refractivity contribution in [2.45, 2.75) is 25.4 Å². The van der Waals surface area contributed by atoms with Gasteiger partial charge in [0.05, 0.1) is 19.1 Å². The van der Waals surface area contributed by atoms with E-state index in [-0.39, 0.29) is 18.6 Å². The fourth-order valence-electron chi connectivity index (χ4n) is 2.32. The van der Waals surface area contributed by atoms with E-state index in [0.717, 1.165) is 25.9 Å². The Morgan fingerprint density at radius 3 is 2.53 bits per heavy atom. The van der Waals surface area contributed by atoms with E-state index < -0.39 is 5.97 Å². The van der Waals surface area contributed by atoms with Crippen molar-refractivity contribution in [3.63, 3.8) is 0 Å². The van der Waals surface area contributed by atoms with Gasteiger partial charge >= 0.3 is 12.0 Å². The number of morpholine rings is 1. The average Bonchev–Trinajstić information content (AvgIpc) is 2.81. The van der Waals surface area contributed by atoms with Gasteiger partial charge in [-0.3, -0.25) is 4.79 Å². The molecule has 2 aliphatic rings. The molecule has 2 saturated heterocycles. The van der Waals surface area contributed by atoms with Crippen molar-refractivity contribution in [2.24, 2.45) is 0 Å². The number of aliphatic carboxylic acids is 1. The van der Waals surface area contributed by atoms with Gasteiger partial charge in [0.25, 0.3) is 0 Å². The van der Waals surface area contributed by atoms with Crippen molar-refractivity contribution < 1.29 is 19.4 Å². The first-order valence-electron chi connectivity index (χ1n) is 6.04. The van der Waals surface area contributed by atoms with Gasteiger partial charge in [-0.25, -0.2) is 4.79 Å². The summed E-state index contributed by atoms with van der Waals surface area (Å²) in [4.78, 5) is 26.2. The number of likely N-dealkylation sites (tertiary alicyclic amines) is 1. The summed E-state index contributed by atoms with van der Waals surface area (Å²) in [5.41, 5.74) is 0. The number of carboxylic acids is 1. The Labute approximate surface area is 100 Å². The van der Waals surface area contributed by atoms with Crippen LogP contribution in [0.2, 0.25) is 0 Å². The first-order valence-corrected chi connectivity index (χ1v) is 6.04. The number of carbonyl (C=O) groups excluding carboxylic acids is 1. The monoisotopic (exact) mass is 242 g/mol. The number of urea groups is 1. The Balaban J connectivity index is 1.87. The second kappa shape index (κ2) is 5.35. The molecule has 2 heterocycles. The topological polar surface area (TPSA) is 70.1 Å². The first-order chi connectivity index (χ1) is 8.16. The molecule has 0 aromatic rings. The van der Waals surface area contributed by atoms with E-state index in [4.69, 9.17) is 9.84 Å². The van der Waals surface area contributed by atoms with Crippen LogP contribution in [0.5, 0.6) is 0 Å². The first kappa shape index (κ1) is 12.2. The second-order valence-electron chi connectivity index (χ2n) is 4.51. The van der Waals surface area contributed by atoms with E-state index in [1.54, 1.807) is 4.90 Å². The van der Waals surface area contributed by atoms with Gasteiger partial charge in [0.2, 0.25) is 0 Å². The van der Waals surface area contributed by atoms with Crippen LogP contribution in [0.3, 0.4) is 0 Å². The summed E-state index contributed by atoms with van der Waals surface area (Å²) in [6.07, 6.45) is 1.72. The normalized spacial score (nSPS) is 25.1. The molecule has 1 atom stereocenters. The van der Waals surface area contributed by atoms with Crippen molar-refractivity contribution in [1.29, 1.82) is 0 Å². The molecule has 0 radical (unpaired) electrons. The molecule has 1 N–H and O–H groups in total. The Morgan fingerprint density at radius 2 is 1.88 bits per heavy atom. The minimum absolute atomic E-state index is 0.0289. The van der Waals surface area contributed by atoms with Gasteiger partial charge in [-0.15, -0.1) is 0 Å². The molecule has 2 fully saturated rings. The number of carbonyl (C=O) groups is 2. The Hall–Kier alpha value is -1.30. The molecule has 0 aromatic carbocycles. The van der Waals surface area contributed by atoms with Crippen LogP contribution in [-0.4, -0.2) is 65.8 Å². The summed E-state index contributed by atoms with van der Waals surface area (Å²) in [5.74, 6) is -0.884. The highest BCUT2D eigenvalue weighted by Crippen LogP contribution is 2.14. The number of carboxylic acid groups (broad SMARTS) is 1. The van der Waals surface area contributed by atoms with E-state index in [1.165, 1.54) is 0 Å². The lowest BCUT2D eigenvalue weighted by molar-refractivity contribution is -0.141. The van der Waals surface area contributed by atoms with Gasteiger partial charge in [-0.05, 0) is 12.8 Å². The molecule has 0 aromatic heterocycles. The molecule has 6 heteroatoms. The second-order valence-corrected chi connectivity index (χ2v) is 4.51. The summed E-state index contributed by atoms with van der Waals surface area (Å²) in [6, 6.07) is 0.0289. The van der Waals surface area contributed by atoms with Gasteiger partial charge in [0.1, 0.15) is 0 Å². The summed E-state index contributed by atoms with van der Waals surface area (Å²) in [5, 5.41) is 8.71. The lowest BCUT2D eigenvalue weighted by Gasteiger charge is -2.34. The zero-order valence-electron chi connectivity index (χ0n) is 9.80. The molecule has 0 bridgehead atoms. The number of hydrogen-bond donors (Lipinski definition) is 1. The lowest BCUT2D eigenvalue weighted by Crippen LogP contribution is -2.50. The van der Waals surface area contributed by atoms with E-state index in [0.29, 0.717) is 19.7 Å². The molecule has 6 nitrogen and oxygen atoms in total. The standard InChI is InChI=1S/C11H18N2O4/c14-10(15)7-9-8-13(5-6-17-9)11(16)12-3-1-2-4-12/h9H,1-8H2,(H,14,15). The van der Waals surface area contributed by atoms with Crippen LogP contribution >= 0.6 is 0 Å². The van der Waals surface area contributed by atoms with Gasteiger partial charge in [-0.1, -0.05) is 0 Å². The Bertz CT molecular complexity index is 302. The molecule has 0 saturated carbocycles. The Morgan fingerprint density at radius 1 is 1.18 bits per heavy atom. The zero-order valence-corrected chi connectivity index (χ0v) is 9.80. The van der Waals surface area contributed by atoms with Gasteiger partial charge in [-0.2, -0.15) is 0 Å². The maximum atomic E-state index is 12.1. The van der Waals surface area contributed by atoms with Crippen LogP contribution < -0.4 is 0 Å². The fraction of sp³-hybridized carbons (Fsp3) is 0.818. The quantitative estimate of drug-likeness (QED) is 0.760. The van der Waals surface area contributed by atoms with Crippen LogP contribution in [-0.2, 0) is 9.53 Å². The molecule has 17 heavy (non-hydrogen) atoms. The predicted octanol–water partition coefficient (Wildman–Crippen LogP) is 0.378. The Kier molecular flexibility index (Phi) is 3.83. The molecule has 0 aliphatic carbocycles. The number of ether oxygens (including phenoxy) is 1. The summed E-state index contributed by atoms with van der Waals surface area (Å²) in [7, 11) is 0. The third-order valence-corrected chi connectivity index (χ3v) is 3.19. The summed E-state index contributed by atoms with van der Waals surface area (Å²) < 4.78 is 5.34. The molecule has 96 valence electrons. The van der Waals surface area contributed by atoms with Crippen molar-refractivity contribution >= 4 is 12.0 Å². The van der Waals surface area contributed by atoms with Crippen LogP contribution in [0, 0.1) is 0 Å². The number of amides is 2. The molecular formula is C11H18N2O4. The van der Waals surface area contributed by atoms with Crippen molar-refractivity contribution in [2.75, 3.05) is 32.8 Å². The van der Waals surface area contributed by atoms with Crippen molar-refractivity contribution in [3.05, 3.63) is 0 Å². The molecule has 2 rings (SSSR count). The summed E-state index contributed by atoms with van der Waals surface area (Å²) in [6.45, 7) is 3.02. The smallest absolute Gasteiger partial charge is 0.320 e. The van der Waals surface area contributed by atoms with E-state index in [9.17, 15) is 9.59 Å². The third-order valence-electron chi connectivity index (χ3n) is 3.19. The number of rotatable bonds is 2. The van der Waals surface area contributed by atoms with Gasteiger partial charge in [0.15, 0.2) is 0 Å². The average molecular weight is 242 g/mol. The minimum Gasteiger partial charge on any atom is -0.481 e. The molecule has 2 aliphatic heterocycles. The van der Waals surface area contributed by atoms with Crippen molar-refractivity contribution in [3.8, 4) is 0 Å². The van der Waals surface area contributed by atoms with Crippen molar-refractivity contribution in [1.82, 2.24) is 9.80 Å². The maximum absolute atomic E-state index is 12.1. The molecular weight excluding hydrogens is 224 g/mol. The van der Waals surface area contributed by atoms with E-state index >= 15 is 0 Å². The highest BCUT2D eigenvalue weighted by atomic mass is 16.5. The maximum Gasteiger partial charge on any atom is 0.320 e. The summed E-state index contributed by atoms with van der Waals surface area (Å²) >= 11 is 0. The predicted molar refractivity (Wildman–Crippen MR) is 59.8 cm³/mol. The van der Waals surface area contributed by atoms with Crippen LogP contribution in [0.15, 0.2) is 0 Å². The highest BCUT2D eigenvalue weighted by molar-refractivity contribution is 5.75. The van der Waals surface area contributed by atoms with Crippen LogP contribution in [0.4, 0.5) is 4.79 Å². The molecule has 1 unspecified atom stereocenters. The number of nitrogens with zero attached hydrogens (tertiary/aromatic N) is 2. The number of hydrogen-bond acceptors (Lipinski definition) is 3. The zero-order chi connectivity index (χ0) is 12.3. The minimum atomic E-state index is -0.884. The van der Waals surface area contributed by atoms with Crippen LogP contribution in [0.25, 0.3) is 0 Å². The fourth-order valence-corrected chi connectivity index (χ4v) is 2.32. The van der Waals surface area contributed by atoms with Gasteiger partial charge in [0, 0.05) is 26.2 Å². The highest BCUT2D eigenvalue weighted by Gasteiger charge is 2.29. The molecule has 0 spiro atoms. The molecule has 2 amide bonds. The lowest BCUT2D eigenvalue weighted by atomic mass is 10.2. The largest absolute Gasteiger partial charge is 0.481 e. The van der Waals surface area contributed by atoms with Gasteiger partial charge < -0.3 is 19.6 Å². The SMILES string of the molecule is O=C(O)CC1CN(C(=O)N2CCCC2)CCO1. The third kappa shape index (κ3) is 3.09. The van der Waals surface area contributed by atoms with E-state index in [1.807, 2.05) is 4.90 Å². The van der Waals surface area contributed by atoms with Crippen LogP contribution in [0.1, 0.15) is 19.3 Å².